The maximum atomic E-state index is 3.66. The van der Waals surface area contributed by atoms with E-state index in [-0.39, 0.29) is 0 Å². The molecule has 0 aromatic heterocycles. The summed E-state index contributed by atoms with van der Waals surface area (Å²) in [6.45, 7) is 2.17. The zero-order valence-corrected chi connectivity index (χ0v) is 11.3. The Labute approximate surface area is 110 Å². The molecule has 0 bridgehead atoms. The monoisotopic (exact) mass is 284 g/mol. The summed E-state index contributed by atoms with van der Waals surface area (Å²) < 4.78 is 1.20. The summed E-state index contributed by atoms with van der Waals surface area (Å²) in [6, 6.07) is 12.9. The zero-order valence-electron chi connectivity index (χ0n) is 9.70. The lowest BCUT2D eigenvalue weighted by molar-refractivity contribution is 1.27. The first-order chi connectivity index (χ1) is 8.27. The molecule has 1 aliphatic rings. The molecule has 0 N–H and O–H groups in total. The Morgan fingerprint density at radius 3 is 2.65 bits per heavy atom. The third-order valence-electron chi connectivity index (χ3n) is 3.37. The number of fused-ring (bicyclic) bond motifs is 1. The smallest absolute Gasteiger partial charge is 0.0216 e. The largest absolute Gasteiger partial charge is 0.0795 e. The van der Waals surface area contributed by atoms with Crippen molar-refractivity contribution in [2.24, 2.45) is 0 Å². The first-order valence-corrected chi connectivity index (χ1v) is 6.60. The van der Waals surface area contributed by atoms with E-state index >= 15 is 0 Å². The lowest BCUT2D eigenvalue weighted by Gasteiger charge is -2.13. The molecule has 2 aromatic carbocycles. The van der Waals surface area contributed by atoms with E-state index in [0.29, 0.717) is 0 Å². The Morgan fingerprint density at radius 2 is 1.88 bits per heavy atom. The molecule has 17 heavy (non-hydrogen) atoms. The molecule has 0 saturated heterocycles. The molecule has 1 aliphatic carbocycles. The second-order valence-corrected chi connectivity index (χ2v) is 5.25. The zero-order chi connectivity index (χ0) is 11.8. The van der Waals surface area contributed by atoms with Crippen molar-refractivity contribution in [1.29, 1.82) is 0 Å². The molecule has 0 unspecified atom stereocenters. The van der Waals surface area contributed by atoms with Gasteiger partial charge in [-0.05, 0) is 47.2 Å². The van der Waals surface area contributed by atoms with E-state index in [9.17, 15) is 0 Å². The Bertz CT molecular complexity index is 595. The predicted octanol–water partition coefficient (Wildman–Crippen LogP) is 4.99. The van der Waals surface area contributed by atoms with Crippen LogP contribution in [-0.2, 0) is 6.42 Å². The molecule has 0 nitrogen and oxygen atoms in total. The molecular weight excluding hydrogens is 272 g/mol. The molecule has 1 heteroatoms. The highest BCUT2D eigenvalue weighted by Crippen LogP contribution is 2.37. The molecule has 0 aliphatic heterocycles. The van der Waals surface area contributed by atoms with Crippen LogP contribution in [0.25, 0.3) is 17.2 Å². The molecule has 0 heterocycles. The van der Waals surface area contributed by atoms with Gasteiger partial charge in [0.1, 0.15) is 0 Å². The van der Waals surface area contributed by atoms with Crippen molar-refractivity contribution < 1.29 is 0 Å². The second kappa shape index (κ2) is 4.15. The van der Waals surface area contributed by atoms with Crippen LogP contribution in [-0.4, -0.2) is 0 Å². The standard InChI is InChI=1S/C16H13Br/c1-11-13-8-5-9-14(13)15(10-16(11)17)12-6-3-2-4-7-12/h2-8,10H,9H2,1H3. The quantitative estimate of drug-likeness (QED) is 0.692. The Morgan fingerprint density at radius 1 is 1.12 bits per heavy atom. The van der Waals surface area contributed by atoms with Gasteiger partial charge in [-0.2, -0.15) is 0 Å². The SMILES string of the molecule is Cc1c(Br)cc(-c2ccccc2)c2c1C=CC2. The van der Waals surface area contributed by atoms with Crippen LogP contribution in [0.1, 0.15) is 16.7 Å². The maximum Gasteiger partial charge on any atom is 0.0216 e. The van der Waals surface area contributed by atoms with E-state index in [1.54, 1.807) is 0 Å². The van der Waals surface area contributed by atoms with Crippen molar-refractivity contribution >= 4 is 22.0 Å². The topological polar surface area (TPSA) is 0 Å². The van der Waals surface area contributed by atoms with E-state index in [2.05, 4.69) is 71.4 Å². The van der Waals surface area contributed by atoms with E-state index in [0.717, 1.165) is 6.42 Å². The average Bonchev–Trinajstić information content (AvgIpc) is 2.84. The van der Waals surface area contributed by atoms with Crippen LogP contribution in [0.4, 0.5) is 0 Å². The van der Waals surface area contributed by atoms with Gasteiger partial charge in [0.05, 0.1) is 0 Å². The van der Waals surface area contributed by atoms with Crippen LogP contribution in [0.3, 0.4) is 0 Å². The summed E-state index contributed by atoms with van der Waals surface area (Å²) in [6.07, 6.45) is 5.53. The highest BCUT2D eigenvalue weighted by molar-refractivity contribution is 9.10. The minimum absolute atomic E-state index is 1.05. The number of hydrogen-bond acceptors (Lipinski definition) is 0. The fraction of sp³-hybridized carbons (Fsp3) is 0.125. The first-order valence-electron chi connectivity index (χ1n) is 5.81. The van der Waals surface area contributed by atoms with Gasteiger partial charge in [-0.1, -0.05) is 58.4 Å². The molecule has 84 valence electrons. The van der Waals surface area contributed by atoms with Gasteiger partial charge in [-0.25, -0.2) is 0 Å². The van der Waals surface area contributed by atoms with Gasteiger partial charge < -0.3 is 0 Å². The number of benzene rings is 2. The predicted molar refractivity (Wildman–Crippen MR) is 77.1 cm³/mol. The molecule has 0 radical (unpaired) electrons. The van der Waals surface area contributed by atoms with E-state index in [1.807, 2.05) is 0 Å². The molecule has 0 atom stereocenters. The summed E-state index contributed by atoms with van der Waals surface area (Å²) in [5.41, 5.74) is 6.83. The summed E-state index contributed by atoms with van der Waals surface area (Å²) in [4.78, 5) is 0. The lowest BCUT2D eigenvalue weighted by atomic mass is 9.94. The normalized spacial score (nSPS) is 12.8. The Kier molecular flexibility index (Phi) is 2.64. The molecule has 0 amide bonds. The number of rotatable bonds is 1. The van der Waals surface area contributed by atoms with Gasteiger partial charge in [0.15, 0.2) is 0 Å². The van der Waals surface area contributed by atoms with Crippen LogP contribution < -0.4 is 0 Å². The van der Waals surface area contributed by atoms with Crippen LogP contribution in [0.15, 0.2) is 46.9 Å². The number of allylic oxidation sites excluding steroid dienone is 1. The highest BCUT2D eigenvalue weighted by atomic mass is 79.9. The summed E-state index contributed by atoms with van der Waals surface area (Å²) in [5, 5.41) is 0. The van der Waals surface area contributed by atoms with Gasteiger partial charge in [-0.15, -0.1) is 0 Å². The molecule has 0 fully saturated rings. The minimum Gasteiger partial charge on any atom is -0.0795 e. The number of halogens is 1. The van der Waals surface area contributed by atoms with Crippen LogP contribution in [0.2, 0.25) is 0 Å². The third kappa shape index (κ3) is 1.75. The first kappa shape index (κ1) is 10.8. The van der Waals surface area contributed by atoms with Crippen LogP contribution in [0, 0.1) is 6.92 Å². The molecule has 3 rings (SSSR count). The van der Waals surface area contributed by atoms with Crippen LogP contribution in [0.5, 0.6) is 0 Å². The van der Waals surface area contributed by atoms with Crippen molar-refractivity contribution in [3.63, 3.8) is 0 Å². The van der Waals surface area contributed by atoms with Gasteiger partial charge in [0.2, 0.25) is 0 Å². The van der Waals surface area contributed by atoms with Gasteiger partial charge in [0.25, 0.3) is 0 Å². The average molecular weight is 285 g/mol. The minimum atomic E-state index is 1.05. The van der Waals surface area contributed by atoms with Crippen LogP contribution >= 0.6 is 15.9 Å². The van der Waals surface area contributed by atoms with Crippen molar-refractivity contribution in [2.45, 2.75) is 13.3 Å². The molecule has 0 saturated carbocycles. The van der Waals surface area contributed by atoms with Crippen molar-refractivity contribution in [3.05, 3.63) is 63.6 Å². The van der Waals surface area contributed by atoms with Crippen molar-refractivity contribution in [2.75, 3.05) is 0 Å². The molecule has 2 aromatic rings. The van der Waals surface area contributed by atoms with Gasteiger partial charge in [-0.3, -0.25) is 0 Å². The highest BCUT2D eigenvalue weighted by Gasteiger charge is 2.16. The maximum absolute atomic E-state index is 3.66. The van der Waals surface area contributed by atoms with Crippen molar-refractivity contribution in [3.8, 4) is 11.1 Å². The lowest BCUT2D eigenvalue weighted by Crippen LogP contribution is -1.93. The summed E-state index contributed by atoms with van der Waals surface area (Å²) in [7, 11) is 0. The summed E-state index contributed by atoms with van der Waals surface area (Å²) >= 11 is 3.66. The van der Waals surface area contributed by atoms with E-state index in [4.69, 9.17) is 0 Å². The second-order valence-electron chi connectivity index (χ2n) is 4.40. The Balaban J connectivity index is 2.27. The summed E-state index contributed by atoms with van der Waals surface area (Å²) in [5.74, 6) is 0. The van der Waals surface area contributed by atoms with E-state index in [1.165, 1.54) is 32.3 Å². The van der Waals surface area contributed by atoms with Gasteiger partial charge >= 0.3 is 0 Å². The fourth-order valence-corrected chi connectivity index (χ4v) is 2.88. The Hall–Kier alpha value is -1.34. The van der Waals surface area contributed by atoms with E-state index < -0.39 is 0 Å². The molecular formula is C16H13Br. The van der Waals surface area contributed by atoms with Crippen molar-refractivity contribution in [1.82, 2.24) is 0 Å². The molecule has 0 spiro atoms. The third-order valence-corrected chi connectivity index (χ3v) is 4.20. The van der Waals surface area contributed by atoms with Gasteiger partial charge in [0, 0.05) is 4.47 Å². The fourth-order valence-electron chi connectivity index (χ4n) is 2.44. The number of hydrogen-bond donors (Lipinski definition) is 0.